The quantitative estimate of drug-likeness (QED) is 0.591. The van der Waals surface area contributed by atoms with Gasteiger partial charge < -0.3 is 14.8 Å². The first kappa shape index (κ1) is 19.5. The Morgan fingerprint density at radius 3 is 2.54 bits per heavy atom. The Hall–Kier alpha value is -2.86. The molecule has 0 unspecified atom stereocenters. The van der Waals surface area contributed by atoms with Crippen molar-refractivity contribution in [1.82, 2.24) is 0 Å². The maximum Gasteiger partial charge on any atom is 0.344 e. The summed E-state index contributed by atoms with van der Waals surface area (Å²) in [6.45, 7) is 2.50. The van der Waals surface area contributed by atoms with Gasteiger partial charge in [-0.3, -0.25) is 9.59 Å². The fourth-order valence-corrected chi connectivity index (χ4v) is 2.21. The first-order valence-electron chi connectivity index (χ1n) is 7.85. The van der Waals surface area contributed by atoms with E-state index in [0.29, 0.717) is 22.0 Å². The Kier molecular flexibility index (Phi) is 6.74. The van der Waals surface area contributed by atoms with Crippen molar-refractivity contribution in [2.24, 2.45) is 0 Å². The van der Waals surface area contributed by atoms with Crippen molar-refractivity contribution >= 4 is 34.9 Å². The van der Waals surface area contributed by atoms with E-state index in [2.05, 4.69) is 5.32 Å². The van der Waals surface area contributed by atoms with Gasteiger partial charge in [-0.2, -0.15) is 0 Å². The highest BCUT2D eigenvalue weighted by Gasteiger charge is 2.19. The van der Waals surface area contributed by atoms with Crippen molar-refractivity contribution in [1.29, 1.82) is 0 Å². The van der Waals surface area contributed by atoms with E-state index in [1.165, 1.54) is 19.9 Å². The first-order valence-corrected chi connectivity index (χ1v) is 8.23. The first-order chi connectivity index (χ1) is 12.4. The summed E-state index contributed by atoms with van der Waals surface area (Å²) in [6.07, 6.45) is -1.02. The van der Waals surface area contributed by atoms with Gasteiger partial charge in [-0.15, -0.1) is 0 Å². The molecule has 2 rings (SSSR count). The highest BCUT2D eigenvalue weighted by Crippen LogP contribution is 2.20. The van der Waals surface area contributed by atoms with E-state index in [-0.39, 0.29) is 12.4 Å². The lowest BCUT2D eigenvalue weighted by atomic mass is 10.1. The zero-order chi connectivity index (χ0) is 19.1. The van der Waals surface area contributed by atoms with Crippen molar-refractivity contribution in [3.05, 3.63) is 59.1 Å². The Balaban J connectivity index is 1.85. The Labute approximate surface area is 156 Å². The number of ether oxygens (including phenoxy) is 2. The molecule has 7 heteroatoms. The van der Waals surface area contributed by atoms with Gasteiger partial charge in [0.05, 0.1) is 10.7 Å². The van der Waals surface area contributed by atoms with E-state index in [4.69, 9.17) is 21.1 Å². The molecule has 0 fully saturated rings. The number of nitrogens with one attached hydrogen (secondary N) is 1. The highest BCUT2D eigenvalue weighted by atomic mass is 35.5. The van der Waals surface area contributed by atoms with E-state index in [9.17, 15) is 14.4 Å². The molecule has 26 heavy (non-hydrogen) atoms. The summed E-state index contributed by atoms with van der Waals surface area (Å²) in [5.74, 6) is -0.962. The van der Waals surface area contributed by atoms with Gasteiger partial charge in [-0.25, -0.2) is 4.79 Å². The number of para-hydroxylation sites is 1. The number of amides is 1. The summed E-state index contributed by atoms with van der Waals surface area (Å²) in [4.78, 5) is 35.2. The number of esters is 1. The van der Waals surface area contributed by atoms with Gasteiger partial charge in [-0.1, -0.05) is 35.9 Å². The van der Waals surface area contributed by atoms with Crippen LogP contribution in [0.4, 0.5) is 5.69 Å². The van der Waals surface area contributed by atoms with Gasteiger partial charge in [0.15, 0.2) is 18.5 Å². The third kappa shape index (κ3) is 5.60. The van der Waals surface area contributed by atoms with Crippen LogP contribution in [0.5, 0.6) is 5.75 Å². The molecule has 0 bridgehead atoms. The summed E-state index contributed by atoms with van der Waals surface area (Å²) < 4.78 is 10.3. The summed E-state index contributed by atoms with van der Waals surface area (Å²) in [5, 5.41) is 2.97. The maximum absolute atomic E-state index is 12.1. The van der Waals surface area contributed by atoms with Gasteiger partial charge >= 0.3 is 5.97 Å². The zero-order valence-electron chi connectivity index (χ0n) is 14.3. The lowest BCUT2D eigenvalue weighted by molar-refractivity contribution is -0.155. The van der Waals surface area contributed by atoms with Crippen LogP contribution in [0.25, 0.3) is 0 Å². The third-order valence-corrected chi connectivity index (χ3v) is 3.74. The van der Waals surface area contributed by atoms with Crippen LogP contribution < -0.4 is 10.1 Å². The molecule has 0 spiro atoms. The second-order valence-corrected chi connectivity index (χ2v) is 5.88. The Bertz CT molecular complexity index is 821. The van der Waals surface area contributed by atoms with Gasteiger partial charge in [-0.05, 0) is 38.1 Å². The standard InChI is InChI=1S/C19H18ClNO5/c1-12(22)14-6-5-7-15(10-14)25-11-18(23)26-13(2)19(24)21-17-9-4-3-8-16(17)20/h3-10,13H,11H2,1-2H3,(H,21,24)/t13-/m1/s1. The number of ketones is 1. The summed E-state index contributed by atoms with van der Waals surface area (Å²) >= 11 is 5.96. The molecule has 136 valence electrons. The predicted molar refractivity (Wildman–Crippen MR) is 97.6 cm³/mol. The molecular weight excluding hydrogens is 358 g/mol. The van der Waals surface area contributed by atoms with Crippen LogP contribution >= 0.6 is 11.6 Å². The van der Waals surface area contributed by atoms with Gasteiger partial charge in [0, 0.05) is 5.56 Å². The topological polar surface area (TPSA) is 81.7 Å². The molecule has 0 saturated heterocycles. The number of benzene rings is 2. The molecule has 1 N–H and O–H groups in total. The number of halogens is 1. The van der Waals surface area contributed by atoms with E-state index >= 15 is 0 Å². The lowest BCUT2D eigenvalue weighted by Gasteiger charge is -2.14. The largest absolute Gasteiger partial charge is 0.482 e. The molecule has 0 aliphatic carbocycles. The summed E-state index contributed by atoms with van der Waals surface area (Å²) in [6, 6.07) is 13.2. The Morgan fingerprint density at radius 1 is 1.12 bits per heavy atom. The number of carbonyl (C=O) groups excluding carboxylic acids is 3. The molecule has 0 aliphatic rings. The van der Waals surface area contributed by atoms with Crippen molar-refractivity contribution in [3.8, 4) is 5.75 Å². The number of hydrogen-bond donors (Lipinski definition) is 1. The lowest BCUT2D eigenvalue weighted by Crippen LogP contribution is -2.31. The number of hydrogen-bond acceptors (Lipinski definition) is 5. The van der Waals surface area contributed by atoms with Crippen LogP contribution in [0.1, 0.15) is 24.2 Å². The van der Waals surface area contributed by atoms with Crippen molar-refractivity contribution in [3.63, 3.8) is 0 Å². The van der Waals surface area contributed by atoms with Gasteiger partial charge in [0.2, 0.25) is 0 Å². The van der Waals surface area contributed by atoms with Gasteiger partial charge in [0.25, 0.3) is 5.91 Å². The van der Waals surface area contributed by atoms with E-state index in [1.807, 2.05) is 0 Å². The predicted octanol–water partition coefficient (Wildman–Crippen LogP) is 3.49. The minimum absolute atomic E-state index is 0.108. The second-order valence-electron chi connectivity index (χ2n) is 5.47. The smallest absolute Gasteiger partial charge is 0.344 e. The summed E-state index contributed by atoms with van der Waals surface area (Å²) in [7, 11) is 0. The Morgan fingerprint density at radius 2 is 1.85 bits per heavy atom. The molecule has 2 aromatic rings. The fraction of sp³-hybridized carbons (Fsp3) is 0.211. The van der Waals surface area contributed by atoms with Crippen LogP contribution in [0, 0.1) is 0 Å². The minimum atomic E-state index is -1.02. The molecule has 0 heterocycles. The van der Waals surface area contributed by atoms with Crippen molar-refractivity contribution < 1.29 is 23.9 Å². The van der Waals surface area contributed by atoms with Crippen LogP contribution in [-0.2, 0) is 14.3 Å². The number of rotatable bonds is 7. The molecule has 1 amide bonds. The highest BCUT2D eigenvalue weighted by molar-refractivity contribution is 6.33. The number of anilines is 1. The molecule has 0 radical (unpaired) electrons. The van der Waals surface area contributed by atoms with E-state index in [0.717, 1.165) is 0 Å². The molecule has 0 aromatic heterocycles. The zero-order valence-corrected chi connectivity index (χ0v) is 15.1. The van der Waals surface area contributed by atoms with Crippen LogP contribution in [0.3, 0.4) is 0 Å². The van der Waals surface area contributed by atoms with Crippen molar-refractivity contribution in [2.45, 2.75) is 20.0 Å². The third-order valence-electron chi connectivity index (χ3n) is 3.41. The molecule has 1 atom stereocenters. The average Bonchev–Trinajstić information content (AvgIpc) is 2.62. The SMILES string of the molecule is CC(=O)c1cccc(OCC(=O)O[C@H](C)C(=O)Nc2ccccc2Cl)c1. The van der Waals surface area contributed by atoms with E-state index in [1.54, 1.807) is 42.5 Å². The van der Waals surface area contributed by atoms with E-state index < -0.39 is 18.0 Å². The van der Waals surface area contributed by atoms with Crippen molar-refractivity contribution in [2.75, 3.05) is 11.9 Å². The number of Topliss-reactive ketones (excluding diaryl/α,β-unsaturated/α-hetero) is 1. The van der Waals surface area contributed by atoms with Crippen LogP contribution in [-0.4, -0.2) is 30.4 Å². The average molecular weight is 376 g/mol. The maximum atomic E-state index is 12.1. The van der Waals surface area contributed by atoms with Gasteiger partial charge in [0.1, 0.15) is 5.75 Å². The van der Waals surface area contributed by atoms with Crippen LogP contribution in [0.2, 0.25) is 5.02 Å². The second kappa shape index (κ2) is 9.01. The minimum Gasteiger partial charge on any atom is -0.482 e. The molecule has 0 saturated carbocycles. The fourth-order valence-electron chi connectivity index (χ4n) is 2.03. The molecular formula is C19H18ClNO5. The molecule has 2 aromatic carbocycles. The van der Waals surface area contributed by atoms with Crippen LogP contribution in [0.15, 0.2) is 48.5 Å². The molecule has 0 aliphatic heterocycles. The monoisotopic (exact) mass is 375 g/mol. The number of carbonyl (C=O) groups is 3. The normalized spacial score (nSPS) is 11.3. The molecule has 6 nitrogen and oxygen atoms in total. The summed E-state index contributed by atoms with van der Waals surface area (Å²) in [5.41, 5.74) is 0.905.